The van der Waals surface area contributed by atoms with Crippen molar-refractivity contribution in [2.45, 2.75) is 45.8 Å². The fourth-order valence-electron chi connectivity index (χ4n) is 2.40. The Morgan fingerprint density at radius 3 is 2.43 bits per heavy atom. The first-order chi connectivity index (χ1) is 10.7. The van der Waals surface area contributed by atoms with E-state index in [1.807, 2.05) is 45.9 Å². The summed E-state index contributed by atoms with van der Waals surface area (Å²) < 4.78 is 12.1. The van der Waals surface area contributed by atoms with Gasteiger partial charge in [-0.15, -0.1) is 0 Å². The van der Waals surface area contributed by atoms with Gasteiger partial charge >= 0.3 is 7.12 Å². The van der Waals surface area contributed by atoms with Crippen LogP contribution in [-0.2, 0) is 14.1 Å². The van der Waals surface area contributed by atoms with Crippen LogP contribution < -0.4 is 10.8 Å². The molecule has 23 heavy (non-hydrogen) atoms. The summed E-state index contributed by atoms with van der Waals surface area (Å²) in [5, 5.41) is 3.44. The van der Waals surface area contributed by atoms with Crippen LogP contribution in [0.15, 0.2) is 24.4 Å². The van der Waals surface area contributed by atoms with Crippen molar-refractivity contribution in [1.29, 1.82) is 0 Å². The number of hydrogen-bond acceptors (Lipinski definition) is 5. The average Bonchev–Trinajstić information content (AvgIpc) is 2.66. The van der Waals surface area contributed by atoms with Gasteiger partial charge in [-0.3, -0.25) is 10.1 Å². The summed E-state index contributed by atoms with van der Waals surface area (Å²) in [6.45, 7) is 9.52. The molecule has 0 saturated carbocycles. The van der Waals surface area contributed by atoms with Crippen molar-refractivity contribution >= 4 is 35.3 Å². The highest BCUT2D eigenvalue weighted by Crippen LogP contribution is 2.36. The number of hydrogen-bond donors (Lipinski definition) is 1. The number of amides is 1. The van der Waals surface area contributed by atoms with Gasteiger partial charge in [0.25, 0.3) is 0 Å². The van der Waals surface area contributed by atoms with Crippen LogP contribution in [0.3, 0.4) is 0 Å². The fourth-order valence-corrected chi connectivity index (χ4v) is 2.40. The van der Waals surface area contributed by atoms with Gasteiger partial charge in [-0.1, -0.05) is 12.1 Å². The Balaban J connectivity index is 1.91. The lowest BCUT2D eigenvalue weighted by atomic mass is 9.78. The molecule has 0 unspecified atom stereocenters. The molecule has 1 N–H and O–H groups in total. The predicted molar refractivity (Wildman–Crippen MR) is 89.6 cm³/mol. The van der Waals surface area contributed by atoms with Crippen LogP contribution in [0.2, 0.25) is 0 Å². The largest absolute Gasteiger partial charge is 0.494 e. The molecule has 1 saturated heterocycles. The van der Waals surface area contributed by atoms with Gasteiger partial charge in [0.15, 0.2) is 0 Å². The Labute approximate surface area is 135 Å². The highest BCUT2D eigenvalue weighted by Gasteiger charge is 2.51. The number of anilines is 1. The summed E-state index contributed by atoms with van der Waals surface area (Å²) >= 11 is 0. The first kappa shape index (κ1) is 15.9. The predicted octanol–water partition coefficient (Wildman–Crippen LogP) is 1.89. The topological polar surface area (TPSA) is 73.3 Å². The summed E-state index contributed by atoms with van der Waals surface area (Å²) in [5.41, 5.74) is 0.924. The van der Waals surface area contributed by atoms with Crippen LogP contribution in [0, 0.1) is 0 Å². The second-order valence-electron chi connectivity index (χ2n) is 6.78. The van der Waals surface area contributed by atoms with Gasteiger partial charge in [-0.2, -0.15) is 0 Å². The van der Waals surface area contributed by atoms with Crippen LogP contribution in [-0.4, -0.2) is 34.2 Å². The normalized spacial score (nSPS) is 19.1. The summed E-state index contributed by atoms with van der Waals surface area (Å²) in [6, 6.07) is 5.76. The third-order valence-corrected chi connectivity index (χ3v) is 4.42. The zero-order valence-electron chi connectivity index (χ0n) is 14.0. The molecule has 7 heteroatoms. The Hall–Kier alpha value is -1.99. The van der Waals surface area contributed by atoms with Crippen molar-refractivity contribution in [2.24, 2.45) is 0 Å². The standard InChI is InChI=1S/C16H20BN3O3/c1-10(21)19-14-18-9-11-8-12(6-7-13(11)20-14)17-22-15(2,3)16(4,5)23-17/h6-9H,1-5H3,(H,18,19,20,21). The maximum atomic E-state index is 11.1. The molecule has 0 bridgehead atoms. The number of carbonyl (C=O) groups excluding carboxylic acids is 1. The molecule has 2 heterocycles. The molecule has 3 rings (SSSR count). The van der Waals surface area contributed by atoms with Crippen LogP contribution in [0.1, 0.15) is 34.6 Å². The molecule has 2 aromatic rings. The number of aromatic nitrogens is 2. The number of benzene rings is 1. The maximum absolute atomic E-state index is 11.1. The Morgan fingerprint density at radius 1 is 1.17 bits per heavy atom. The zero-order chi connectivity index (χ0) is 16.8. The van der Waals surface area contributed by atoms with E-state index in [9.17, 15) is 4.79 Å². The van der Waals surface area contributed by atoms with E-state index in [1.165, 1.54) is 6.92 Å². The van der Waals surface area contributed by atoms with Gasteiger partial charge in [-0.05, 0) is 39.2 Å². The number of fused-ring (bicyclic) bond motifs is 1. The van der Waals surface area contributed by atoms with Crippen LogP contribution >= 0.6 is 0 Å². The summed E-state index contributed by atoms with van der Waals surface area (Å²) in [4.78, 5) is 19.5. The molecule has 1 amide bonds. The number of nitrogens with zero attached hydrogens (tertiary/aromatic N) is 2. The number of rotatable bonds is 2. The second-order valence-corrected chi connectivity index (χ2v) is 6.78. The van der Waals surface area contributed by atoms with Gasteiger partial charge in [0.2, 0.25) is 11.9 Å². The molecule has 1 aromatic heterocycles. The Morgan fingerprint density at radius 2 is 1.83 bits per heavy atom. The molecule has 1 aromatic carbocycles. The van der Waals surface area contributed by atoms with Crippen molar-refractivity contribution in [3.63, 3.8) is 0 Å². The fraction of sp³-hybridized carbons (Fsp3) is 0.438. The second kappa shape index (κ2) is 5.28. The number of nitrogens with one attached hydrogen (secondary N) is 1. The average molecular weight is 313 g/mol. The Bertz CT molecular complexity index is 760. The van der Waals surface area contributed by atoms with E-state index in [4.69, 9.17) is 9.31 Å². The molecule has 0 atom stereocenters. The summed E-state index contributed by atoms with van der Waals surface area (Å²) in [6.07, 6.45) is 1.68. The van der Waals surface area contributed by atoms with Gasteiger partial charge in [0.1, 0.15) is 0 Å². The molecule has 1 aliphatic rings. The van der Waals surface area contributed by atoms with E-state index in [2.05, 4.69) is 15.3 Å². The van der Waals surface area contributed by atoms with E-state index in [-0.39, 0.29) is 17.1 Å². The number of carbonyl (C=O) groups is 1. The molecule has 1 fully saturated rings. The quantitative estimate of drug-likeness (QED) is 0.857. The lowest BCUT2D eigenvalue weighted by Gasteiger charge is -2.32. The van der Waals surface area contributed by atoms with Crippen LogP contribution in [0.25, 0.3) is 10.9 Å². The first-order valence-electron chi connectivity index (χ1n) is 7.58. The van der Waals surface area contributed by atoms with Gasteiger partial charge < -0.3 is 9.31 Å². The minimum absolute atomic E-state index is 0.196. The molecular formula is C16H20BN3O3. The van der Waals surface area contributed by atoms with Crippen LogP contribution in [0.5, 0.6) is 0 Å². The van der Waals surface area contributed by atoms with Crippen LogP contribution in [0.4, 0.5) is 5.95 Å². The smallest absolute Gasteiger partial charge is 0.399 e. The van der Waals surface area contributed by atoms with E-state index < -0.39 is 7.12 Å². The highest BCUT2D eigenvalue weighted by molar-refractivity contribution is 6.62. The van der Waals surface area contributed by atoms with Crippen molar-refractivity contribution in [3.05, 3.63) is 24.4 Å². The molecule has 0 radical (unpaired) electrons. The Kier molecular flexibility index (Phi) is 3.65. The van der Waals surface area contributed by atoms with E-state index in [1.54, 1.807) is 6.20 Å². The van der Waals surface area contributed by atoms with E-state index >= 15 is 0 Å². The van der Waals surface area contributed by atoms with Crippen molar-refractivity contribution in [1.82, 2.24) is 9.97 Å². The summed E-state index contributed by atoms with van der Waals surface area (Å²) in [5.74, 6) is 0.103. The minimum Gasteiger partial charge on any atom is -0.399 e. The molecule has 120 valence electrons. The SMILES string of the molecule is CC(=O)Nc1ncc2cc(B3OC(C)(C)C(C)(C)O3)ccc2n1. The molecular weight excluding hydrogens is 293 g/mol. The van der Waals surface area contributed by atoms with Crippen molar-refractivity contribution in [2.75, 3.05) is 5.32 Å². The monoisotopic (exact) mass is 313 g/mol. The third-order valence-electron chi connectivity index (χ3n) is 4.42. The highest BCUT2D eigenvalue weighted by atomic mass is 16.7. The zero-order valence-corrected chi connectivity index (χ0v) is 14.0. The van der Waals surface area contributed by atoms with Crippen molar-refractivity contribution in [3.8, 4) is 0 Å². The lowest BCUT2D eigenvalue weighted by Crippen LogP contribution is -2.41. The van der Waals surface area contributed by atoms with Crippen molar-refractivity contribution < 1.29 is 14.1 Å². The molecule has 0 aliphatic carbocycles. The van der Waals surface area contributed by atoms with Gasteiger partial charge in [0.05, 0.1) is 16.7 Å². The van der Waals surface area contributed by atoms with Gasteiger partial charge in [0, 0.05) is 18.5 Å². The van der Waals surface area contributed by atoms with E-state index in [0.717, 1.165) is 16.4 Å². The minimum atomic E-state index is -0.417. The maximum Gasteiger partial charge on any atom is 0.494 e. The van der Waals surface area contributed by atoms with Gasteiger partial charge in [-0.25, -0.2) is 9.97 Å². The molecule has 0 spiro atoms. The van der Waals surface area contributed by atoms with E-state index in [0.29, 0.717) is 5.95 Å². The molecule has 1 aliphatic heterocycles. The molecule has 6 nitrogen and oxygen atoms in total. The third kappa shape index (κ3) is 2.94. The first-order valence-corrected chi connectivity index (χ1v) is 7.58. The summed E-state index contributed by atoms with van der Waals surface area (Å²) in [7, 11) is -0.417. The lowest BCUT2D eigenvalue weighted by molar-refractivity contribution is -0.114.